The van der Waals surface area contributed by atoms with E-state index in [-0.39, 0.29) is 0 Å². The third-order valence-electron chi connectivity index (χ3n) is 3.91. The molecule has 3 aromatic rings. The monoisotopic (exact) mass is 282 g/mol. The molecule has 0 bridgehead atoms. The second-order valence-corrected chi connectivity index (χ2v) is 5.71. The van der Waals surface area contributed by atoms with E-state index in [1.165, 1.54) is 22.2 Å². The Kier molecular flexibility index (Phi) is 3.80. The minimum absolute atomic E-state index is 0.434. The standard InChI is InChI=1S/C17H22N4/c1-13(2)21-12-19-10-15(21)11-20-8-7-16-14(9-18-3)5-4-6-17(16)20/h4-8,10,12-13,18H,9,11H2,1-3H3. The normalized spacial score (nSPS) is 11.6. The zero-order valence-corrected chi connectivity index (χ0v) is 12.9. The van der Waals surface area contributed by atoms with Crippen LogP contribution in [0.4, 0.5) is 0 Å². The Bertz CT molecular complexity index is 736. The molecule has 0 amide bonds. The topological polar surface area (TPSA) is 34.8 Å². The first-order chi connectivity index (χ1) is 10.2. The first-order valence-corrected chi connectivity index (χ1v) is 7.42. The number of rotatable bonds is 5. The summed E-state index contributed by atoms with van der Waals surface area (Å²) in [7, 11) is 1.98. The summed E-state index contributed by atoms with van der Waals surface area (Å²) < 4.78 is 4.52. The summed E-state index contributed by atoms with van der Waals surface area (Å²) in [5, 5.41) is 4.55. The highest BCUT2D eigenvalue weighted by Crippen LogP contribution is 2.22. The molecule has 0 aliphatic rings. The van der Waals surface area contributed by atoms with Gasteiger partial charge in [-0.2, -0.15) is 0 Å². The first-order valence-electron chi connectivity index (χ1n) is 7.42. The molecule has 21 heavy (non-hydrogen) atoms. The fourth-order valence-electron chi connectivity index (χ4n) is 2.86. The van der Waals surface area contributed by atoms with Gasteiger partial charge in [0, 0.05) is 35.9 Å². The number of nitrogens with zero attached hydrogens (tertiary/aromatic N) is 3. The molecule has 0 fully saturated rings. The Morgan fingerprint density at radius 3 is 2.86 bits per heavy atom. The third kappa shape index (κ3) is 2.59. The fraction of sp³-hybridized carbons (Fsp3) is 0.353. The molecule has 3 rings (SSSR count). The molecule has 0 aliphatic carbocycles. The molecule has 0 saturated carbocycles. The van der Waals surface area contributed by atoms with E-state index in [0.29, 0.717) is 6.04 Å². The molecule has 1 aromatic carbocycles. The van der Waals surface area contributed by atoms with Gasteiger partial charge in [0.2, 0.25) is 0 Å². The summed E-state index contributed by atoms with van der Waals surface area (Å²) in [4.78, 5) is 4.29. The molecule has 0 spiro atoms. The second kappa shape index (κ2) is 5.74. The van der Waals surface area contributed by atoms with Crippen molar-refractivity contribution in [3.05, 3.63) is 54.2 Å². The van der Waals surface area contributed by atoms with Crippen molar-refractivity contribution >= 4 is 10.9 Å². The molecular formula is C17H22N4. The van der Waals surface area contributed by atoms with Crippen LogP contribution >= 0.6 is 0 Å². The Labute approximate surface area is 125 Å². The number of benzene rings is 1. The summed E-state index contributed by atoms with van der Waals surface area (Å²) >= 11 is 0. The van der Waals surface area contributed by atoms with E-state index < -0.39 is 0 Å². The number of hydrogen-bond donors (Lipinski definition) is 1. The molecule has 110 valence electrons. The zero-order chi connectivity index (χ0) is 14.8. The van der Waals surface area contributed by atoms with Crippen molar-refractivity contribution in [2.45, 2.75) is 33.0 Å². The van der Waals surface area contributed by atoms with Crippen LogP contribution in [0.25, 0.3) is 10.9 Å². The molecular weight excluding hydrogens is 260 g/mol. The average molecular weight is 282 g/mol. The van der Waals surface area contributed by atoms with Crippen molar-refractivity contribution in [2.75, 3.05) is 7.05 Å². The maximum absolute atomic E-state index is 4.29. The fourth-order valence-corrected chi connectivity index (χ4v) is 2.86. The maximum atomic E-state index is 4.29. The number of nitrogens with one attached hydrogen (secondary N) is 1. The van der Waals surface area contributed by atoms with Gasteiger partial charge in [0.15, 0.2) is 0 Å². The van der Waals surface area contributed by atoms with Crippen molar-refractivity contribution in [2.24, 2.45) is 0 Å². The molecule has 4 heteroatoms. The number of imidazole rings is 1. The van der Waals surface area contributed by atoms with Gasteiger partial charge in [-0.05, 0) is 38.6 Å². The Balaban J connectivity index is 1.98. The number of fused-ring (bicyclic) bond motifs is 1. The van der Waals surface area contributed by atoms with Gasteiger partial charge < -0.3 is 14.5 Å². The van der Waals surface area contributed by atoms with Gasteiger partial charge >= 0.3 is 0 Å². The summed E-state index contributed by atoms with van der Waals surface area (Å²) in [5.74, 6) is 0. The van der Waals surface area contributed by atoms with Crippen LogP contribution in [-0.2, 0) is 13.1 Å². The van der Waals surface area contributed by atoms with Crippen LogP contribution in [0.2, 0.25) is 0 Å². The van der Waals surface area contributed by atoms with Gasteiger partial charge in [0.05, 0.1) is 18.6 Å². The average Bonchev–Trinajstić information content (AvgIpc) is 3.08. The molecule has 2 aromatic heterocycles. The molecule has 4 nitrogen and oxygen atoms in total. The van der Waals surface area contributed by atoms with Crippen LogP contribution < -0.4 is 5.32 Å². The van der Waals surface area contributed by atoms with Gasteiger partial charge in [-0.3, -0.25) is 0 Å². The van der Waals surface area contributed by atoms with Crippen molar-refractivity contribution in [1.82, 2.24) is 19.4 Å². The second-order valence-electron chi connectivity index (χ2n) is 5.71. The first kappa shape index (κ1) is 13.9. The lowest BCUT2D eigenvalue weighted by atomic mass is 10.1. The molecule has 0 radical (unpaired) electrons. The van der Waals surface area contributed by atoms with E-state index >= 15 is 0 Å². The van der Waals surface area contributed by atoms with E-state index in [9.17, 15) is 0 Å². The van der Waals surface area contributed by atoms with Gasteiger partial charge in [0.25, 0.3) is 0 Å². The third-order valence-corrected chi connectivity index (χ3v) is 3.91. The van der Waals surface area contributed by atoms with E-state index in [0.717, 1.165) is 13.1 Å². The van der Waals surface area contributed by atoms with Gasteiger partial charge in [0.1, 0.15) is 0 Å². The summed E-state index contributed by atoms with van der Waals surface area (Å²) in [6.07, 6.45) is 6.04. The van der Waals surface area contributed by atoms with Crippen LogP contribution in [0.15, 0.2) is 43.0 Å². The lowest BCUT2D eigenvalue weighted by Gasteiger charge is -2.13. The van der Waals surface area contributed by atoms with Crippen molar-refractivity contribution in [3.63, 3.8) is 0 Å². The van der Waals surface area contributed by atoms with Crippen LogP contribution in [0, 0.1) is 0 Å². The zero-order valence-electron chi connectivity index (χ0n) is 12.9. The van der Waals surface area contributed by atoms with E-state index in [1.54, 1.807) is 0 Å². The van der Waals surface area contributed by atoms with Gasteiger partial charge in [-0.1, -0.05) is 12.1 Å². The van der Waals surface area contributed by atoms with Gasteiger partial charge in [-0.15, -0.1) is 0 Å². The van der Waals surface area contributed by atoms with Crippen molar-refractivity contribution in [3.8, 4) is 0 Å². The highest BCUT2D eigenvalue weighted by atomic mass is 15.1. The maximum Gasteiger partial charge on any atom is 0.0951 e. The lowest BCUT2D eigenvalue weighted by Crippen LogP contribution is -2.08. The van der Waals surface area contributed by atoms with Crippen LogP contribution in [0.5, 0.6) is 0 Å². The summed E-state index contributed by atoms with van der Waals surface area (Å²) in [6.45, 7) is 6.11. The predicted octanol–water partition coefficient (Wildman–Crippen LogP) is 3.19. The summed E-state index contributed by atoms with van der Waals surface area (Å²) in [6, 6.07) is 9.14. The van der Waals surface area contributed by atoms with Crippen LogP contribution in [-0.4, -0.2) is 21.2 Å². The molecule has 2 heterocycles. The van der Waals surface area contributed by atoms with E-state index in [4.69, 9.17) is 0 Å². The number of aromatic nitrogens is 3. The summed E-state index contributed by atoms with van der Waals surface area (Å²) in [5.41, 5.74) is 3.85. The van der Waals surface area contributed by atoms with Crippen molar-refractivity contribution in [1.29, 1.82) is 0 Å². The SMILES string of the molecule is CNCc1cccc2c1ccn2Cc1cncn1C(C)C. The quantitative estimate of drug-likeness (QED) is 0.780. The Morgan fingerprint density at radius 1 is 1.24 bits per heavy atom. The highest BCUT2D eigenvalue weighted by Gasteiger charge is 2.09. The van der Waals surface area contributed by atoms with E-state index in [1.807, 2.05) is 19.6 Å². The number of hydrogen-bond acceptors (Lipinski definition) is 2. The molecule has 0 atom stereocenters. The Morgan fingerprint density at radius 2 is 2.10 bits per heavy atom. The minimum atomic E-state index is 0.434. The van der Waals surface area contributed by atoms with Crippen LogP contribution in [0.1, 0.15) is 31.1 Å². The van der Waals surface area contributed by atoms with Crippen LogP contribution in [0.3, 0.4) is 0 Å². The highest BCUT2D eigenvalue weighted by molar-refractivity contribution is 5.83. The smallest absolute Gasteiger partial charge is 0.0951 e. The lowest BCUT2D eigenvalue weighted by molar-refractivity contribution is 0.564. The predicted molar refractivity (Wildman–Crippen MR) is 86.4 cm³/mol. The molecule has 1 N–H and O–H groups in total. The Hall–Kier alpha value is -2.07. The largest absolute Gasteiger partial charge is 0.341 e. The minimum Gasteiger partial charge on any atom is -0.341 e. The molecule has 0 unspecified atom stereocenters. The van der Waals surface area contributed by atoms with E-state index in [2.05, 4.69) is 63.7 Å². The molecule has 0 saturated heterocycles. The van der Waals surface area contributed by atoms with Gasteiger partial charge in [-0.25, -0.2) is 4.98 Å². The van der Waals surface area contributed by atoms with Crippen molar-refractivity contribution < 1.29 is 0 Å². The molecule has 0 aliphatic heterocycles.